The Morgan fingerprint density at radius 3 is 1.37 bits per heavy atom. The zero-order valence-electron chi connectivity index (χ0n) is 35.7. The Balaban J connectivity index is 4.38. The molecule has 0 rings (SSSR count). The Labute approximate surface area is 335 Å². The molecule has 0 saturated carbocycles. The van der Waals surface area contributed by atoms with Crippen molar-refractivity contribution in [2.24, 2.45) is 0 Å². The van der Waals surface area contributed by atoms with Gasteiger partial charge in [0.05, 0.1) is 0 Å². The van der Waals surface area contributed by atoms with Crippen molar-refractivity contribution in [3.63, 3.8) is 0 Å². The van der Waals surface area contributed by atoms with Crippen molar-refractivity contribution in [3.8, 4) is 0 Å². The molecular weight excluding hydrogens is 762 g/mol. The van der Waals surface area contributed by atoms with E-state index in [2.05, 4.69) is 55.3 Å². The molecule has 0 bridgehead atoms. The molecule has 0 heterocycles. The van der Waals surface area contributed by atoms with Gasteiger partial charge in [-0.05, 0) is 51.4 Å². The molecule has 0 spiro atoms. The number of phosphoric ester groups is 1. The minimum Gasteiger partial charge on any atom is -0.0885 e. The first-order valence-electron chi connectivity index (χ1n) is 22.0. The zero-order chi connectivity index (χ0) is 40.0. The van der Waals surface area contributed by atoms with Gasteiger partial charge in [0.25, 0.3) is 0 Å². The van der Waals surface area contributed by atoms with E-state index in [1.807, 2.05) is 0 Å². The summed E-state index contributed by atoms with van der Waals surface area (Å²) in [6.07, 6.45) is 39.2. The molecule has 0 aromatic heterocycles. The second kappa shape index (κ2) is 37.7. The molecule has 54 heavy (non-hydrogen) atoms. The Morgan fingerprint density at radius 2 is 0.944 bits per heavy atom. The third-order valence-electron chi connectivity index (χ3n) is 9.44. The van der Waals surface area contributed by atoms with Crippen molar-refractivity contribution >= 4 is 33.3 Å². The first-order valence-corrected chi connectivity index (χ1v) is 30.5. The third kappa shape index (κ3) is 40.7. The molecule has 1 unspecified atom stereocenters. The number of phosphoric acid groups is 1. The molecule has 0 radical (unpaired) electrons. The summed E-state index contributed by atoms with van der Waals surface area (Å²) in [5.41, 5.74) is 6.49. The topological polar surface area (TPSA) is 111 Å². The number of ether oxygens (including phenoxy) is 2. The molecule has 0 aliphatic heterocycles. The van der Waals surface area contributed by atoms with Crippen LogP contribution in [-0.2, 0) is 32.7 Å². The van der Waals surface area contributed by atoms with Crippen molar-refractivity contribution in [2.45, 2.75) is 222 Å². The van der Waals surface area contributed by atoms with Crippen molar-refractivity contribution in [1.82, 2.24) is 0 Å². The van der Waals surface area contributed by atoms with Crippen molar-refractivity contribution < 1.29 is 37.6 Å². The summed E-state index contributed by atoms with van der Waals surface area (Å²) in [4.78, 5) is 37.5. The summed E-state index contributed by atoms with van der Waals surface area (Å²) < 4.78 is 33.5. The summed E-state index contributed by atoms with van der Waals surface area (Å²) in [7, 11) is -4.59. The minimum atomic E-state index is -4.59. The van der Waals surface area contributed by atoms with E-state index in [9.17, 15) is 19.0 Å². The predicted octanol–water partition coefficient (Wildman–Crippen LogP) is 13.4. The van der Waals surface area contributed by atoms with E-state index in [0.717, 1.165) is 70.6 Å². The second-order valence-corrected chi connectivity index (χ2v) is 28.0. The van der Waals surface area contributed by atoms with E-state index >= 15 is 0 Å². The molecule has 0 aromatic rings. The van der Waals surface area contributed by atoms with Crippen LogP contribution in [0.4, 0.5) is 0 Å². The van der Waals surface area contributed by atoms with Gasteiger partial charge < -0.3 is 0 Å². The van der Waals surface area contributed by atoms with Crippen LogP contribution in [0.15, 0.2) is 24.3 Å². The summed E-state index contributed by atoms with van der Waals surface area (Å²) in [6.45, 7) is 3.87. The maximum atomic E-state index is 12.7. The van der Waals surface area contributed by atoms with Crippen LogP contribution < -0.4 is 4.89 Å². The molecule has 2 atom stereocenters. The number of allylic oxidation sites excluding steroid dienone is 4. The second-order valence-electron chi connectivity index (χ2n) is 16.1. The Bertz CT molecular complexity index is 980. The molecule has 0 aliphatic carbocycles. The van der Waals surface area contributed by atoms with Gasteiger partial charge in [-0.1, -0.05) is 134 Å². The summed E-state index contributed by atoms with van der Waals surface area (Å²) >= 11 is -1.82. The predicted molar refractivity (Wildman–Crippen MR) is 227 cm³/mol. The van der Waals surface area contributed by atoms with Crippen LogP contribution in [0.5, 0.6) is 0 Å². The monoisotopic (exact) mass is 847 g/mol. The van der Waals surface area contributed by atoms with E-state index in [0.29, 0.717) is 11.6 Å². The number of hydrogen-bond acceptors (Lipinski definition) is 8. The van der Waals surface area contributed by atoms with Gasteiger partial charge in [0.1, 0.15) is 0 Å². The van der Waals surface area contributed by atoms with Crippen molar-refractivity contribution in [1.29, 1.82) is 0 Å². The molecule has 0 amide bonds. The SMILES string of the molecule is CCCCCCCC/C=C\CCCCCCCC(=O)OC[C@H](COP(=O)([O-])OCC[As+](C)(C)C)OC(=O)CCCCCCC/C=C\CCCCCCCC. The molecule has 318 valence electrons. The fraction of sp³-hybridized carbons (Fsp3) is 0.864. The van der Waals surface area contributed by atoms with Crippen LogP contribution in [0.1, 0.15) is 194 Å². The summed E-state index contributed by atoms with van der Waals surface area (Å²) in [5.74, 6) is -0.833. The van der Waals surface area contributed by atoms with Crippen molar-refractivity contribution in [3.05, 3.63) is 24.3 Å². The van der Waals surface area contributed by atoms with E-state index < -0.39 is 40.1 Å². The normalized spacial score (nSPS) is 13.8. The summed E-state index contributed by atoms with van der Waals surface area (Å²) in [5, 5.41) is 0.705. The van der Waals surface area contributed by atoms with Gasteiger partial charge in [0, 0.05) is 0 Å². The number of carbonyl (C=O) groups excluding carboxylic acids is 2. The minimum absolute atomic E-state index is 0.0716. The molecular formula is C44H84AsO8P. The van der Waals surface area contributed by atoms with Crippen LogP contribution >= 0.6 is 7.82 Å². The fourth-order valence-electron chi connectivity index (χ4n) is 5.94. The van der Waals surface area contributed by atoms with E-state index in [-0.39, 0.29) is 32.0 Å². The van der Waals surface area contributed by atoms with Gasteiger partial charge in [0.15, 0.2) is 0 Å². The molecule has 0 N–H and O–H groups in total. The van der Waals surface area contributed by atoms with Gasteiger partial charge >= 0.3 is 151 Å². The number of unbranched alkanes of at least 4 members (excludes halogenated alkanes) is 22. The average molecular weight is 847 g/mol. The number of esters is 2. The van der Waals surface area contributed by atoms with Gasteiger partial charge in [-0.2, -0.15) is 0 Å². The van der Waals surface area contributed by atoms with Gasteiger partial charge in [-0.25, -0.2) is 0 Å². The molecule has 0 aliphatic rings. The first kappa shape index (κ1) is 53.1. The van der Waals surface area contributed by atoms with Crippen LogP contribution in [0.25, 0.3) is 0 Å². The van der Waals surface area contributed by atoms with Crippen LogP contribution in [0, 0.1) is 0 Å². The average Bonchev–Trinajstić information content (AvgIpc) is 3.12. The third-order valence-corrected chi connectivity index (χ3v) is 13.6. The first-order chi connectivity index (χ1) is 26.0. The number of hydrogen-bond donors (Lipinski definition) is 0. The quantitative estimate of drug-likeness (QED) is 0.0197. The Morgan fingerprint density at radius 1 is 0.556 bits per heavy atom. The smallest absolute Gasteiger partial charge is 0.0885 e. The van der Waals surface area contributed by atoms with E-state index in [1.165, 1.54) is 89.9 Å². The molecule has 8 nitrogen and oxygen atoms in total. The zero-order valence-corrected chi connectivity index (χ0v) is 38.4. The number of carbonyl (C=O) groups is 2. The molecule has 0 aromatic carbocycles. The van der Waals surface area contributed by atoms with E-state index in [1.54, 1.807) is 0 Å². The summed E-state index contributed by atoms with van der Waals surface area (Å²) in [6, 6.07) is 0. The maximum absolute atomic E-state index is 12.7. The van der Waals surface area contributed by atoms with Gasteiger partial charge in [0.2, 0.25) is 0 Å². The van der Waals surface area contributed by atoms with Crippen molar-refractivity contribution in [2.75, 3.05) is 19.8 Å². The van der Waals surface area contributed by atoms with Crippen LogP contribution in [-0.4, -0.2) is 51.4 Å². The van der Waals surface area contributed by atoms with E-state index in [4.69, 9.17) is 18.5 Å². The Kier molecular flexibility index (Phi) is 37.0. The van der Waals surface area contributed by atoms with Crippen LogP contribution in [0.2, 0.25) is 22.3 Å². The standard InChI is InChI=1S/C44H84AsO8P/c1-6-8-10-12-14-16-18-20-22-24-26-28-30-32-34-36-43(46)50-40-42(41-52-54(48,49)51-39-38-45(3,4)5)53-44(47)37-35-33-31-29-27-25-23-21-19-17-15-13-11-9-7-2/h20-23,42H,6-19,24-41H2,1-5H3/b22-20-,23-21-/t42-/m1/s1. The molecule has 10 heteroatoms. The van der Waals surface area contributed by atoms with Gasteiger partial charge in [-0.15, -0.1) is 0 Å². The molecule has 0 fully saturated rings. The van der Waals surface area contributed by atoms with Gasteiger partial charge in [-0.3, -0.25) is 0 Å². The number of rotatable bonds is 40. The fourth-order valence-corrected chi connectivity index (χ4v) is 8.33. The molecule has 0 saturated heterocycles. The van der Waals surface area contributed by atoms with Crippen LogP contribution in [0.3, 0.4) is 0 Å². The Hall–Kier alpha value is -0.912.